The van der Waals surface area contributed by atoms with Gasteiger partial charge in [-0.25, -0.2) is 0 Å². The molecule has 1 aliphatic heterocycles. The largest absolute Gasteiger partial charge is 0.493 e. The number of para-hydroxylation sites is 1. The van der Waals surface area contributed by atoms with Crippen LogP contribution in [-0.4, -0.2) is 22.7 Å². The maximum absolute atomic E-state index is 12.7. The molecule has 0 aliphatic carbocycles. The lowest BCUT2D eigenvalue weighted by atomic mass is 10.1. The minimum Gasteiger partial charge on any atom is -0.493 e. The zero-order valence-corrected chi connectivity index (χ0v) is 16.2. The van der Waals surface area contributed by atoms with Crippen LogP contribution in [0.1, 0.15) is 18.1 Å². The Balaban J connectivity index is 1.85. The van der Waals surface area contributed by atoms with Crippen molar-refractivity contribution in [1.82, 2.24) is 4.90 Å². The lowest BCUT2D eigenvalue weighted by Crippen LogP contribution is -2.27. The molecule has 0 spiro atoms. The molecule has 2 aromatic carbocycles. The molecule has 4 nitrogen and oxygen atoms in total. The third-order valence-corrected chi connectivity index (χ3v) is 5.22. The van der Waals surface area contributed by atoms with Crippen LogP contribution in [0.5, 0.6) is 5.75 Å². The molecule has 1 fully saturated rings. The Bertz CT molecular complexity index is 898. The van der Waals surface area contributed by atoms with Gasteiger partial charge in [-0.2, -0.15) is 0 Å². The number of nitrogens with zero attached hydrogens (tertiary/aromatic N) is 1. The van der Waals surface area contributed by atoms with Crippen molar-refractivity contribution in [3.8, 4) is 5.75 Å². The molecule has 1 heterocycles. The van der Waals surface area contributed by atoms with Crippen molar-refractivity contribution in [2.45, 2.75) is 13.5 Å². The minimum absolute atomic E-state index is 0.102. The maximum Gasteiger partial charge on any atom is 0.293 e. The Labute approximate surface area is 165 Å². The van der Waals surface area contributed by atoms with E-state index >= 15 is 0 Å². The fourth-order valence-corrected chi connectivity index (χ4v) is 3.78. The first-order valence-electron chi connectivity index (χ1n) is 7.90. The van der Waals surface area contributed by atoms with Gasteiger partial charge in [-0.05, 0) is 48.5 Å². The number of rotatable bonds is 5. The van der Waals surface area contributed by atoms with Crippen molar-refractivity contribution >= 4 is 52.2 Å². The van der Waals surface area contributed by atoms with E-state index < -0.39 is 0 Å². The number of hydrogen-bond acceptors (Lipinski definition) is 4. The van der Waals surface area contributed by atoms with Gasteiger partial charge < -0.3 is 4.74 Å². The molecule has 0 atom stereocenters. The van der Waals surface area contributed by atoms with Gasteiger partial charge in [0, 0.05) is 15.6 Å². The number of benzene rings is 2. The van der Waals surface area contributed by atoms with E-state index in [9.17, 15) is 9.59 Å². The molecule has 0 saturated carbocycles. The maximum atomic E-state index is 12.7. The molecule has 1 saturated heterocycles. The topological polar surface area (TPSA) is 46.6 Å². The molecule has 0 bridgehead atoms. The Morgan fingerprint density at radius 3 is 2.65 bits per heavy atom. The molecule has 3 rings (SSSR count). The Kier molecular flexibility index (Phi) is 5.91. The number of halogens is 2. The lowest BCUT2D eigenvalue weighted by molar-refractivity contribution is -0.123. The second-order valence-corrected chi connectivity index (χ2v) is 7.31. The van der Waals surface area contributed by atoms with Gasteiger partial charge in [-0.3, -0.25) is 14.5 Å². The van der Waals surface area contributed by atoms with E-state index in [4.69, 9.17) is 27.9 Å². The van der Waals surface area contributed by atoms with Gasteiger partial charge >= 0.3 is 0 Å². The first kappa shape index (κ1) is 18.8. The molecule has 134 valence electrons. The number of hydrogen-bond donors (Lipinski definition) is 0. The number of amides is 2. The number of imide groups is 1. The highest BCUT2D eigenvalue weighted by molar-refractivity contribution is 8.18. The van der Waals surface area contributed by atoms with Crippen LogP contribution >= 0.6 is 35.0 Å². The monoisotopic (exact) mass is 407 g/mol. The Morgan fingerprint density at radius 2 is 1.92 bits per heavy atom. The standard InChI is InChI=1S/C19H15Cl2NO3S/c1-2-25-16-6-4-3-5-12(16)9-17-18(23)22(19(24)26-17)11-13-7-8-14(20)10-15(13)21/h3-10H,2,11H2,1H3/b17-9+. The van der Waals surface area contributed by atoms with Crippen LogP contribution in [-0.2, 0) is 11.3 Å². The highest BCUT2D eigenvalue weighted by Crippen LogP contribution is 2.35. The summed E-state index contributed by atoms with van der Waals surface area (Å²) in [4.78, 5) is 26.5. The highest BCUT2D eigenvalue weighted by Gasteiger charge is 2.35. The number of ether oxygens (including phenoxy) is 1. The van der Waals surface area contributed by atoms with Gasteiger partial charge in [0.05, 0.1) is 18.1 Å². The molecular weight excluding hydrogens is 393 g/mol. The number of thioether (sulfide) groups is 1. The number of carbonyl (C=O) groups excluding carboxylic acids is 2. The van der Waals surface area contributed by atoms with Gasteiger partial charge in [0.15, 0.2) is 0 Å². The quantitative estimate of drug-likeness (QED) is 0.602. The van der Waals surface area contributed by atoms with E-state index in [0.717, 1.165) is 17.3 Å². The highest BCUT2D eigenvalue weighted by atomic mass is 35.5. The number of carbonyl (C=O) groups is 2. The Hall–Kier alpha value is -1.95. The van der Waals surface area contributed by atoms with E-state index in [1.807, 2.05) is 31.2 Å². The first-order chi connectivity index (χ1) is 12.5. The summed E-state index contributed by atoms with van der Waals surface area (Å²) >= 11 is 12.9. The molecule has 0 radical (unpaired) electrons. The van der Waals surface area contributed by atoms with Crippen LogP contribution in [0.15, 0.2) is 47.4 Å². The van der Waals surface area contributed by atoms with Crippen LogP contribution in [0.2, 0.25) is 10.0 Å². The van der Waals surface area contributed by atoms with Gasteiger partial charge in [0.2, 0.25) is 0 Å². The van der Waals surface area contributed by atoms with Crippen molar-refractivity contribution in [2.24, 2.45) is 0 Å². The van der Waals surface area contributed by atoms with Gasteiger partial charge in [0.25, 0.3) is 11.1 Å². The third kappa shape index (κ3) is 4.06. The van der Waals surface area contributed by atoms with Crippen LogP contribution in [0, 0.1) is 0 Å². The summed E-state index contributed by atoms with van der Waals surface area (Å²) in [6.07, 6.45) is 1.68. The van der Waals surface area contributed by atoms with E-state index in [2.05, 4.69) is 0 Å². The SMILES string of the molecule is CCOc1ccccc1/C=C1/SC(=O)N(Cc2ccc(Cl)cc2Cl)C1=O. The zero-order chi connectivity index (χ0) is 18.7. The van der Waals surface area contributed by atoms with E-state index in [1.165, 1.54) is 4.90 Å². The molecule has 2 aromatic rings. The average Bonchev–Trinajstić information content (AvgIpc) is 2.86. The summed E-state index contributed by atoms with van der Waals surface area (Å²) in [7, 11) is 0. The van der Waals surface area contributed by atoms with E-state index in [0.29, 0.717) is 32.9 Å². The van der Waals surface area contributed by atoms with Crippen molar-refractivity contribution in [3.63, 3.8) is 0 Å². The van der Waals surface area contributed by atoms with Crippen molar-refractivity contribution in [1.29, 1.82) is 0 Å². The molecule has 26 heavy (non-hydrogen) atoms. The molecule has 0 N–H and O–H groups in total. The van der Waals surface area contributed by atoms with Crippen LogP contribution in [0.25, 0.3) is 6.08 Å². The van der Waals surface area contributed by atoms with Gasteiger partial charge in [-0.1, -0.05) is 47.5 Å². The summed E-state index contributed by atoms with van der Waals surface area (Å²) in [6, 6.07) is 12.4. The summed E-state index contributed by atoms with van der Waals surface area (Å²) in [5, 5.41) is 0.587. The summed E-state index contributed by atoms with van der Waals surface area (Å²) in [5.74, 6) is 0.319. The predicted molar refractivity (Wildman–Crippen MR) is 106 cm³/mol. The van der Waals surface area contributed by atoms with Crippen LogP contribution in [0.4, 0.5) is 4.79 Å². The first-order valence-corrected chi connectivity index (χ1v) is 9.48. The molecule has 7 heteroatoms. The lowest BCUT2D eigenvalue weighted by Gasteiger charge is -2.13. The summed E-state index contributed by atoms with van der Waals surface area (Å²) in [6.45, 7) is 2.51. The molecule has 0 aromatic heterocycles. The smallest absolute Gasteiger partial charge is 0.293 e. The minimum atomic E-state index is -0.350. The summed E-state index contributed by atoms with van der Waals surface area (Å²) < 4.78 is 5.57. The summed E-state index contributed by atoms with van der Waals surface area (Å²) in [5.41, 5.74) is 1.42. The fourth-order valence-electron chi connectivity index (χ4n) is 2.48. The molecule has 0 unspecified atom stereocenters. The molecule has 2 amide bonds. The Morgan fingerprint density at radius 1 is 1.15 bits per heavy atom. The normalized spacial score (nSPS) is 15.8. The second-order valence-electron chi connectivity index (χ2n) is 5.47. The second kappa shape index (κ2) is 8.16. The van der Waals surface area contributed by atoms with Crippen LogP contribution < -0.4 is 4.74 Å². The fraction of sp³-hybridized carbons (Fsp3) is 0.158. The van der Waals surface area contributed by atoms with Crippen LogP contribution in [0.3, 0.4) is 0 Å². The van der Waals surface area contributed by atoms with Crippen molar-refractivity contribution < 1.29 is 14.3 Å². The van der Waals surface area contributed by atoms with Crippen molar-refractivity contribution in [2.75, 3.05) is 6.61 Å². The van der Waals surface area contributed by atoms with E-state index in [1.54, 1.807) is 24.3 Å². The third-order valence-electron chi connectivity index (χ3n) is 3.72. The van der Waals surface area contributed by atoms with Gasteiger partial charge in [0.1, 0.15) is 5.75 Å². The average molecular weight is 408 g/mol. The zero-order valence-electron chi connectivity index (χ0n) is 13.9. The molecule has 1 aliphatic rings. The molecular formula is C19H15Cl2NO3S. The predicted octanol–water partition coefficient (Wildman–Crippen LogP) is 5.63. The van der Waals surface area contributed by atoms with Crippen molar-refractivity contribution in [3.05, 3.63) is 68.5 Å². The van der Waals surface area contributed by atoms with Gasteiger partial charge in [-0.15, -0.1) is 0 Å². The van der Waals surface area contributed by atoms with E-state index in [-0.39, 0.29) is 17.7 Å².